The number of carbonyl (C=O) groups is 1. The number of likely N-dealkylation sites (tertiary alicyclic amines) is 1. The summed E-state index contributed by atoms with van der Waals surface area (Å²) in [5.74, 6) is 0.712. The van der Waals surface area contributed by atoms with Crippen molar-refractivity contribution in [2.24, 2.45) is 5.92 Å². The molecule has 108 valence electrons. The van der Waals surface area contributed by atoms with Gasteiger partial charge in [0.2, 0.25) is 0 Å². The fraction of sp³-hybridized carbons (Fsp3) is 0.625. The first-order valence-electron chi connectivity index (χ1n) is 7.68. The highest BCUT2D eigenvalue weighted by Gasteiger charge is 2.37. The minimum atomic E-state index is 0.0557. The second-order valence-corrected chi connectivity index (χ2v) is 5.94. The van der Waals surface area contributed by atoms with Crippen molar-refractivity contribution < 1.29 is 4.79 Å². The Kier molecular flexibility index (Phi) is 4.01. The standard InChI is InChI=1S/C16H22N2O2/c19-15-7-3-5-13(15)14-6-4-10-17(14)11-12-18-9-2-1-8-16(18)20/h1-2,8-9,13-14H,3-7,10-12H2. The fourth-order valence-electron chi connectivity index (χ4n) is 3.72. The van der Waals surface area contributed by atoms with Gasteiger partial charge in [-0.15, -0.1) is 0 Å². The van der Waals surface area contributed by atoms with E-state index >= 15 is 0 Å². The lowest BCUT2D eigenvalue weighted by atomic mass is 9.95. The van der Waals surface area contributed by atoms with Crippen LogP contribution >= 0.6 is 0 Å². The lowest BCUT2D eigenvalue weighted by Crippen LogP contribution is -2.40. The van der Waals surface area contributed by atoms with Crippen LogP contribution in [0.2, 0.25) is 0 Å². The molecule has 2 heterocycles. The van der Waals surface area contributed by atoms with E-state index in [0.717, 1.165) is 45.3 Å². The average molecular weight is 274 g/mol. The first kappa shape index (κ1) is 13.6. The number of hydrogen-bond acceptors (Lipinski definition) is 3. The van der Waals surface area contributed by atoms with Crippen molar-refractivity contribution in [2.75, 3.05) is 13.1 Å². The van der Waals surface area contributed by atoms with Crippen molar-refractivity contribution in [1.29, 1.82) is 0 Å². The molecule has 0 radical (unpaired) electrons. The van der Waals surface area contributed by atoms with Crippen LogP contribution in [-0.4, -0.2) is 34.4 Å². The molecule has 1 aliphatic carbocycles. The van der Waals surface area contributed by atoms with E-state index in [-0.39, 0.29) is 11.5 Å². The highest BCUT2D eigenvalue weighted by molar-refractivity contribution is 5.83. The third-order valence-electron chi connectivity index (χ3n) is 4.76. The molecule has 1 saturated carbocycles. The maximum Gasteiger partial charge on any atom is 0.250 e. The van der Waals surface area contributed by atoms with Crippen molar-refractivity contribution in [2.45, 2.75) is 44.7 Å². The zero-order chi connectivity index (χ0) is 13.9. The number of rotatable bonds is 4. The molecule has 1 aromatic heterocycles. The summed E-state index contributed by atoms with van der Waals surface area (Å²) in [6.07, 6.45) is 7.05. The second-order valence-electron chi connectivity index (χ2n) is 5.94. The van der Waals surface area contributed by atoms with Gasteiger partial charge in [0.15, 0.2) is 0 Å². The molecule has 0 aromatic carbocycles. The van der Waals surface area contributed by atoms with Gasteiger partial charge in [-0.1, -0.05) is 6.07 Å². The Morgan fingerprint density at radius 3 is 2.75 bits per heavy atom. The minimum absolute atomic E-state index is 0.0557. The monoisotopic (exact) mass is 274 g/mol. The average Bonchev–Trinajstić information content (AvgIpc) is 3.06. The first-order valence-corrected chi connectivity index (χ1v) is 7.68. The number of aromatic nitrogens is 1. The molecule has 4 nitrogen and oxygen atoms in total. The molecule has 2 aliphatic rings. The molecule has 0 amide bonds. The van der Waals surface area contributed by atoms with Gasteiger partial charge in [-0.2, -0.15) is 0 Å². The summed E-state index contributed by atoms with van der Waals surface area (Å²) >= 11 is 0. The summed E-state index contributed by atoms with van der Waals surface area (Å²) in [5, 5.41) is 0. The fourth-order valence-corrected chi connectivity index (χ4v) is 3.72. The van der Waals surface area contributed by atoms with Crippen LogP contribution in [0.1, 0.15) is 32.1 Å². The third kappa shape index (κ3) is 2.70. The Hall–Kier alpha value is -1.42. The topological polar surface area (TPSA) is 42.3 Å². The zero-order valence-corrected chi connectivity index (χ0v) is 11.8. The van der Waals surface area contributed by atoms with Gasteiger partial charge in [0.05, 0.1) is 0 Å². The van der Waals surface area contributed by atoms with Crippen LogP contribution < -0.4 is 5.56 Å². The molecular weight excluding hydrogens is 252 g/mol. The van der Waals surface area contributed by atoms with Crippen molar-refractivity contribution in [3.8, 4) is 0 Å². The highest BCUT2D eigenvalue weighted by Crippen LogP contribution is 2.33. The quantitative estimate of drug-likeness (QED) is 0.839. The first-order chi connectivity index (χ1) is 9.75. The summed E-state index contributed by atoms with van der Waals surface area (Å²) < 4.78 is 1.76. The maximum atomic E-state index is 12.0. The summed E-state index contributed by atoms with van der Waals surface area (Å²) in [7, 11) is 0. The largest absolute Gasteiger partial charge is 0.314 e. The van der Waals surface area contributed by atoms with Crippen LogP contribution in [0, 0.1) is 5.92 Å². The van der Waals surface area contributed by atoms with Crippen molar-refractivity contribution >= 4 is 5.78 Å². The normalized spacial score (nSPS) is 27.3. The number of carbonyl (C=O) groups excluding carboxylic acids is 1. The van der Waals surface area contributed by atoms with Gasteiger partial charge < -0.3 is 4.57 Å². The molecule has 1 saturated heterocycles. The maximum absolute atomic E-state index is 12.0. The van der Waals surface area contributed by atoms with Crippen LogP contribution in [0.3, 0.4) is 0 Å². The smallest absolute Gasteiger partial charge is 0.250 e. The molecular formula is C16H22N2O2. The van der Waals surface area contributed by atoms with Crippen molar-refractivity contribution in [1.82, 2.24) is 9.47 Å². The van der Waals surface area contributed by atoms with Gasteiger partial charge in [0.25, 0.3) is 5.56 Å². The van der Waals surface area contributed by atoms with Crippen LogP contribution in [0.15, 0.2) is 29.2 Å². The van der Waals surface area contributed by atoms with E-state index < -0.39 is 0 Å². The lowest BCUT2D eigenvalue weighted by Gasteiger charge is -2.28. The van der Waals surface area contributed by atoms with Gasteiger partial charge in [-0.3, -0.25) is 14.5 Å². The van der Waals surface area contributed by atoms with Crippen molar-refractivity contribution in [3.05, 3.63) is 34.7 Å². The summed E-state index contributed by atoms with van der Waals surface area (Å²) in [5.41, 5.74) is 0.0557. The number of hydrogen-bond donors (Lipinski definition) is 0. The Balaban J connectivity index is 1.63. The van der Waals surface area contributed by atoms with E-state index in [2.05, 4.69) is 4.90 Å². The van der Waals surface area contributed by atoms with E-state index in [4.69, 9.17) is 0 Å². The Labute approximate surface area is 119 Å². The molecule has 0 N–H and O–H groups in total. The molecule has 4 heteroatoms. The van der Waals surface area contributed by atoms with Crippen LogP contribution in [0.4, 0.5) is 0 Å². The van der Waals surface area contributed by atoms with Crippen LogP contribution in [0.5, 0.6) is 0 Å². The van der Waals surface area contributed by atoms with Crippen molar-refractivity contribution in [3.63, 3.8) is 0 Å². The molecule has 2 fully saturated rings. The van der Waals surface area contributed by atoms with E-state index in [1.54, 1.807) is 16.7 Å². The molecule has 2 unspecified atom stereocenters. The van der Waals surface area contributed by atoms with Crippen LogP contribution in [0.25, 0.3) is 0 Å². The number of Topliss-reactive ketones (excluding diaryl/α,β-unsaturated/α-hetero) is 1. The van der Waals surface area contributed by atoms with Gasteiger partial charge in [0, 0.05) is 43.7 Å². The highest BCUT2D eigenvalue weighted by atomic mass is 16.1. The van der Waals surface area contributed by atoms with Gasteiger partial charge in [-0.05, 0) is 38.3 Å². The van der Waals surface area contributed by atoms with Crippen LogP contribution in [-0.2, 0) is 11.3 Å². The third-order valence-corrected chi connectivity index (χ3v) is 4.76. The van der Waals surface area contributed by atoms with E-state index in [0.29, 0.717) is 11.8 Å². The van der Waals surface area contributed by atoms with E-state index in [9.17, 15) is 9.59 Å². The number of ketones is 1. The lowest BCUT2D eigenvalue weighted by molar-refractivity contribution is -0.122. The molecule has 3 rings (SSSR count). The summed E-state index contributed by atoms with van der Waals surface area (Å²) in [6, 6.07) is 5.68. The molecule has 2 atom stereocenters. The van der Waals surface area contributed by atoms with Gasteiger partial charge >= 0.3 is 0 Å². The summed E-state index contributed by atoms with van der Waals surface area (Å²) in [4.78, 5) is 26.1. The second kappa shape index (κ2) is 5.92. The minimum Gasteiger partial charge on any atom is -0.314 e. The molecule has 0 spiro atoms. The Bertz CT molecular complexity index is 537. The van der Waals surface area contributed by atoms with Gasteiger partial charge in [0.1, 0.15) is 5.78 Å². The van der Waals surface area contributed by atoms with E-state index in [1.807, 2.05) is 12.3 Å². The Morgan fingerprint density at radius 1 is 1.10 bits per heavy atom. The molecule has 0 bridgehead atoms. The van der Waals surface area contributed by atoms with Gasteiger partial charge in [-0.25, -0.2) is 0 Å². The number of nitrogens with zero attached hydrogens (tertiary/aromatic N) is 2. The molecule has 1 aliphatic heterocycles. The molecule has 1 aromatic rings. The predicted molar refractivity (Wildman–Crippen MR) is 77.6 cm³/mol. The summed E-state index contributed by atoms with van der Waals surface area (Å²) in [6.45, 7) is 2.66. The predicted octanol–water partition coefficient (Wildman–Crippen LogP) is 1.68. The molecule has 20 heavy (non-hydrogen) atoms. The van der Waals surface area contributed by atoms with E-state index in [1.165, 1.54) is 6.42 Å². The zero-order valence-electron chi connectivity index (χ0n) is 11.8. The Morgan fingerprint density at radius 2 is 2.00 bits per heavy atom. The SMILES string of the molecule is O=C1CCCC1C1CCCN1CCn1ccccc1=O. The number of pyridine rings is 1.